The molecule has 0 aliphatic carbocycles. The summed E-state index contributed by atoms with van der Waals surface area (Å²) < 4.78 is 3.78. The number of hydrogen-bond donors (Lipinski definition) is 0. The molecule has 19 heavy (non-hydrogen) atoms. The standard InChI is InChI=1S/2C4H6N2.2CNS.Cu/c2*1-6-3-2-5-4-6;2*2-1-3;/h2*2-4H,1H3;;;/q;;2*-1;+2. The molecule has 0 spiro atoms. The molecule has 0 aliphatic rings. The van der Waals surface area contributed by atoms with Gasteiger partial charge in [-0.3, -0.25) is 0 Å². The van der Waals surface area contributed by atoms with Gasteiger partial charge in [0, 0.05) is 38.9 Å². The minimum absolute atomic E-state index is 0. The van der Waals surface area contributed by atoms with Gasteiger partial charge in [0.2, 0.25) is 0 Å². The van der Waals surface area contributed by atoms with Crippen molar-refractivity contribution in [1.29, 1.82) is 0 Å². The molecule has 9 heteroatoms. The zero-order valence-electron chi connectivity index (χ0n) is 10.3. The molecule has 0 bridgehead atoms. The molecule has 2 heterocycles. The number of thiocarbonyl (C=S) groups is 2. The predicted molar refractivity (Wildman–Crippen MR) is 78.3 cm³/mol. The molecule has 2 rings (SSSR count). The first-order valence-corrected chi connectivity index (χ1v) is 5.30. The van der Waals surface area contributed by atoms with Gasteiger partial charge in [0.1, 0.15) is 0 Å². The first kappa shape index (κ1) is 22.7. The second kappa shape index (κ2) is 18.9. The number of isothiocyanates is 2. The van der Waals surface area contributed by atoms with Gasteiger partial charge in [-0.1, -0.05) is 24.4 Å². The average Bonchev–Trinajstić information content (AvgIpc) is 2.95. The van der Waals surface area contributed by atoms with E-state index in [1.807, 2.05) is 35.6 Å². The summed E-state index contributed by atoms with van der Waals surface area (Å²) in [5, 5.41) is 16.9. The topological polar surface area (TPSA) is 80.2 Å². The fourth-order valence-corrected chi connectivity index (χ4v) is 0.652. The summed E-state index contributed by atoms with van der Waals surface area (Å²) in [6.45, 7) is 0. The second-order valence-corrected chi connectivity index (χ2v) is 3.00. The maximum absolute atomic E-state index is 7.13. The van der Waals surface area contributed by atoms with Crippen molar-refractivity contribution in [2.45, 2.75) is 0 Å². The Morgan fingerprint density at radius 3 is 1.21 bits per heavy atom. The fraction of sp³-hybridized carbons (Fsp3) is 0.200. The van der Waals surface area contributed by atoms with Crippen LogP contribution in [0, 0.1) is 0 Å². The van der Waals surface area contributed by atoms with Crippen molar-refractivity contribution in [1.82, 2.24) is 19.1 Å². The van der Waals surface area contributed by atoms with Crippen molar-refractivity contribution >= 4 is 34.8 Å². The maximum atomic E-state index is 7.13. The van der Waals surface area contributed by atoms with Gasteiger partial charge in [-0.05, 0) is 0 Å². The molecule has 0 aromatic carbocycles. The van der Waals surface area contributed by atoms with Crippen LogP contribution in [0.5, 0.6) is 0 Å². The molecule has 1 radical (unpaired) electrons. The summed E-state index contributed by atoms with van der Waals surface area (Å²) in [7, 11) is 3.88. The van der Waals surface area contributed by atoms with Crippen LogP contribution in [-0.4, -0.2) is 29.4 Å². The van der Waals surface area contributed by atoms with E-state index in [-0.39, 0.29) is 17.1 Å². The fourth-order valence-electron chi connectivity index (χ4n) is 0.652. The minimum Gasteiger partial charge on any atom is -0.753 e. The summed E-state index contributed by atoms with van der Waals surface area (Å²) in [4.78, 5) is 7.57. The van der Waals surface area contributed by atoms with Gasteiger partial charge in [0.25, 0.3) is 0 Å². The van der Waals surface area contributed by atoms with Gasteiger partial charge in [0.15, 0.2) is 0 Å². The van der Waals surface area contributed by atoms with Crippen molar-refractivity contribution in [3.63, 3.8) is 0 Å². The molecule has 0 atom stereocenters. The third-order valence-electron chi connectivity index (χ3n) is 1.27. The van der Waals surface area contributed by atoms with Crippen LogP contribution in [0.1, 0.15) is 0 Å². The smallest absolute Gasteiger partial charge is 0.753 e. The molecule has 6 nitrogen and oxygen atoms in total. The Hall–Kier alpha value is -1.46. The predicted octanol–water partition coefficient (Wildman–Crippen LogP) is 2.15. The molecule has 0 N–H and O–H groups in total. The van der Waals surface area contributed by atoms with Gasteiger partial charge < -0.3 is 20.0 Å². The largest absolute Gasteiger partial charge is 2.00 e. The van der Waals surface area contributed by atoms with Gasteiger partial charge in [-0.25, -0.2) is 9.97 Å². The van der Waals surface area contributed by atoms with Gasteiger partial charge in [-0.15, -0.1) is 0 Å². The normalized spacial score (nSPS) is 6.42. The van der Waals surface area contributed by atoms with E-state index in [2.05, 4.69) is 34.4 Å². The number of hydrogen-bond acceptors (Lipinski definition) is 4. The number of aryl methyl sites for hydroxylation is 2. The van der Waals surface area contributed by atoms with Crippen molar-refractivity contribution in [2.75, 3.05) is 0 Å². The average molecular weight is 344 g/mol. The van der Waals surface area contributed by atoms with Gasteiger partial charge >= 0.3 is 17.1 Å². The van der Waals surface area contributed by atoms with Crippen molar-refractivity contribution in [3.8, 4) is 0 Å². The molecule has 0 amide bonds. The minimum atomic E-state index is 0. The van der Waals surface area contributed by atoms with Crippen molar-refractivity contribution in [3.05, 3.63) is 48.3 Å². The molecule has 0 saturated heterocycles. The Morgan fingerprint density at radius 1 is 0.895 bits per heavy atom. The number of aromatic nitrogens is 4. The second-order valence-electron chi connectivity index (χ2n) is 2.64. The van der Waals surface area contributed by atoms with Crippen molar-refractivity contribution < 1.29 is 17.1 Å². The first-order chi connectivity index (χ1) is 8.62. The quantitative estimate of drug-likeness (QED) is 0.417. The Kier molecular flexibility index (Phi) is 22.6. The molecule has 0 unspecified atom stereocenters. The Bertz CT molecular complexity index is 398. The number of imidazole rings is 2. The van der Waals surface area contributed by atoms with E-state index in [0.29, 0.717) is 0 Å². The molecule has 2 aromatic heterocycles. The molecule has 105 valence electrons. The summed E-state index contributed by atoms with van der Waals surface area (Å²) in [6.07, 6.45) is 10.8. The third kappa shape index (κ3) is 22.2. The zero-order chi connectivity index (χ0) is 14.2. The van der Waals surface area contributed by atoms with Crippen LogP contribution >= 0.6 is 24.4 Å². The van der Waals surface area contributed by atoms with Crippen LogP contribution in [-0.2, 0) is 31.2 Å². The number of rotatable bonds is 0. The van der Waals surface area contributed by atoms with Crippen LogP contribution < -0.4 is 0 Å². The van der Waals surface area contributed by atoms with Gasteiger partial charge in [0.05, 0.1) is 12.7 Å². The van der Waals surface area contributed by atoms with E-state index in [0.717, 1.165) is 0 Å². The molecular formula is C10H12CuN6S2. The summed E-state index contributed by atoms with van der Waals surface area (Å²) in [6, 6.07) is 0. The van der Waals surface area contributed by atoms with Gasteiger partial charge in [-0.2, -0.15) is 10.3 Å². The maximum Gasteiger partial charge on any atom is 2.00 e. The Labute approximate surface area is 133 Å². The Morgan fingerprint density at radius 2 is 1.16 bits per heavy atom. The summed E-state index contributed by atoms with van der Waals surface area (Å²) in [5.41, 5.74) is 0. The van der Waals surface area contributed by atoms with Crippen LogP contribution in [0.4, 0.5) is 0 Å². The van der Waals surface area contributed by atoms with E-state index in [1.165, 1.54) is 10.3 Å². The molecule has 2 aromatic rings. The Balaban J connectivity index is -0.000000188. The molecule has 0 aliphatic heterocycles. The van der Waals surface area contributed by atoms with E-state index in [1.54, 1.807) is 25.0 Å². The zero-order valence-corrected chi connectivity index (χ0v) is 12.8. The summed E-state index contributed by atoms with van der Waals surface area (Å²) >= 11 is 7.40. The molecular weight excluding hydrogens is 332 g/mol. The SMILES string of the molecule is Cn1ccnc1.Cn1ccnc1.[Cu+2].[N-]=C=S.[N-]=C=S. The van der Waals surface area contributed by atoms with E-state index < -0.39 is 0 Å². The van der Waals surface area contributed by atoms with Crippen molar-refractivity contribution in [2.24, 2.45) is 14.1 Å². The van der Waals surface area contributed by atoms with E-state index in [4.69, 9.17) is 10.8 Å². The first-order valence-electron chi connectivity index (χ1n) is 4.48. The van der Waals surface area contributed by atoms with E-state index in [9.17, 15) is 0 Å². The molecule has 0 fully saturated rings. The monoisotopic (exact) mass is 343 g/mol. The van der Waals surface area contributed by atoms with Crippen LogP contribution in [0.15, 0.2) is 37.4 Å². The summed E-state index contributed by atoms with van der Waals surface area (Å²) in [5.74, 6) is 0. The van der Waals surface area contributed by atoms with E-state index >= 15 is 0 Å². The van der Waals surface area contributed by atoms with Crippen LogP contribution in [0.25, 0.3) is 10.8 Å². The van der Waals surface area contributed by atoms with Crippen LogP contribution in [0.3, 0.4) is 0 Å². The third-order valence-corrected chi connectivity index (χ3v) is 1.27. The molecule has 0 saturated carbocycles. The number of nitrogens with zero attached hydrogens (tertiary/aromatic N) is 6. The van der Waals surface area contributed by atoms with Crippen LogP contribution in [0.2, 0.25) is 0 Å².